The Hall–Kier alpha value is -3.90. The lowest BCUT2D eigenvalue weighted by atomic mass is 9.71. The van der Waals surface area contributed by atoms with Gasteiger partial charge >= 0.3 is 5.97 Å². The third kappa shape index (κ3) is 5.73. The second kappa shape index (κ2) is 11.3. The molecule has 2 unspecified atom stereocenters. The number of alkyl halides is 2. The largest absolute Gasteiger partial charge is 0.468 e. The van der Waals surface area contributed by atoms with Crippen LogP contribution in [0.4, 0.5) is 8.78 Å². The highest BCUT2D eigenvalue weighted by atomic mass is 19.3. The third-order valence-corrected chi connectivity index (χ3v) is 9.40. The summed E-state index contributed by atoms with van der Waals surface area (Å²) in [7, 11) is 1.29. The van der Waals surface area contributed by atoms with Crippen LogP contribution in [0.25, 0.3) is 5.65 Å². The molecule has 2 saturated carbocycles. The van der Waals surface area contributed by atoms with E-state index < -0.39 is 23.3 Å². The number of imidazole rings is 1. The Labute approximate surface area is 247 Å². The van der Waals surface area contributed by atoms with Gasteiger partial charge in [0.1, 0.15) is 5.69 Å². The van der Waals surface area contributed by atoms with E-state index in [0.29, 0.717) is 48.2 Å². The van der Waals surface area contributed by atoms with Gasteiger partial charge in [0.25, 0.3) is 5.91 Å². The summed E-state index contributed by atoms with van der Waals surface area (Å²) < 4.78 is 36.4. The highest BCUT2D eigenvalue weighted by Gasteiger charge is 2.53. The van der Waals surface area contributed by atoms with E-state index in [1.54, 1.807) is 39.8 Å². The molecule has 0 spiro atoms. The number of aromatic nitrogens is 5. The van der Waals surface area contributed by atoms with Crippen molar-refractivity contribution < 1.29 is 27.9 Å². The molecular formula is C30H37F2N7O4. The van der Waals surface area contributed by atoms with E-state index in [-0.39, 0.29) is 55.8 Å². The van der Waals surface area contributed by atoms with E-state index in [0.717, 1.165) is 12.8 Å². The zero-order chi connectivity index (χ0) is 30.4. The second-order valence-corrected chi connectivity index (χ2v) is 12.2. The summed E-state index contributed by atoms with van der Waals surface area (Å²) in [5.74, 6) is -3.56. The molecule has 2 amide bonds. The normalized spacial score (nSPS) is 24.8. The van der Waals surface area contributed by atoms with Gasteiger partial charge < -0.3 is 15.4 Å². The molecule has 4 heterocycles. The third-order valence-electron chi connectivity index (χ3n) is 9.40. The van der Waals surface area contributed by atoms with E-state index in [1.807, 2.05) is 6.92 Å². The van der Waals surface area contributed by atoms with Gasteiger partial charge in [-0.25, -0.2) is 18.3 Å². The van der Waals surface area contributed by atoms with Gasteiger partial charge in [0.2, 0.25) is 11.8 Å². The molecular weight excluding hydrogens is 560 g/mol. The Kier molecular flexibility index (Phi) is 7.67. The van der Waals surface area contributed by atoms with Gasteiger partial charge in [-0.15, -0.1) is 0 Å². The Morgan fingerprint density at radius 3 is 2.63 bits per heavy atom. The predicted molar refractivity (Wildman–Crippen MR) is 150 cm³/mol. The smallest absolute Gasteiger partial charge is 0.321 e. The fourth-order valence-electron chi connectivity index (χ4n) is 6.82. The van der Waals surface area contributed by atoms with Crippen LogP contribution >= 0.6 is 0 Å². The maximum absolute atomic E-state index is 14.1. The molecule has 43 heavy (non-hydrogen) atoms. The predicted octanol–water partition coefficient (Wildman–Crippen LogP) is 3.49. The fraction of sp³-hybridized carbons (Fsp3) is 0.600. The van der Waals surface area contributed by atoms with Crippen LogP contribution in [0.3, 0.4) is 0 Å². The number of hydrogen-bond acceptors (Lipinski definition) is 7. The molecule has 230 valence electrons. The van der Waals surface area contributed by atoms with Gasteiger partial charge in [-0.2, -0.15) is 10.2 Å². The van der Waals surface area contributed by atoms with E-state index >= 15 is 0 Å². The number of halogens is 2. The number of piperidine rings is 1. The van der Waals surface area contributed by atoms with Crippen molar-refractivity contribution in [3.63, 3.8) is 0 Å². The SMILES string of the molecule is CCn1nccc1C(=O)N[C@H](c1cn2nc(CC3(C(=O)OC)CC(C4CC4)CNC3=O)ccc2n1)C1CCC(F)(F)CC1. The summed E-state index contributed by atoms with van der Waals surface area (Å²) >= 11 is 0. The number of nitrogens with zero attached hydrogens (tertiary/aromatic N) is 5. The minimum Gasteiger partial charge on any atom is -0.468 e. The fourth-order valence-corrected chi connectivity index (χ4v) is 6.82. The molecule has 3 aliphatic rings. The monoisotopic (exact) mass is 597 g/mol. The van der Waals surface area contributed by atoms with Crippen molar-refractivity contribution in [1.82, 2.24) is 35.0 Å². The molecule has 6 rings (SSSR count). The van der Waals surface area contributed by atoms with Crippen LogP contribution in [0.1, 0.15) is 79.8 Å². The van der Waals surface area contributed by atoms with Crippen molar-refractivity contribution in [2.24, 2.45) is 23.2 Å². The number of esters is 1. The van der Waals surface area contributed by atoms with Gasteiger partial charge in [-0.05, 0) is 75.0 Å². The zero-order valence-electron chi connectivity index (χ0n) is 24.4. The van der Waals surface area contributed by atoms with Crippen LogP contribution in [0.15, 0.2) is 30.6 Å². The first-order valence-electron chi connectivity index (χ1n) is 15.0. The maximum Gasteiger partial charge on any atom is 0.321 e. The van der Waals surface area contributed by atoms with Crippen LogP contribution in [0.2, 0.25) is 0 Å². The van der Waals surface area contributed by atoms with Gasteiger partial charge in [0.15, 0.2) is 11.1 Å². The first kappa shape index (κ1) is 29.2. The number of aryl methyl sites for hydroxylation is 1. The Morgan fingerprint density at radius 1 is 1.16 bits per heavy atom. The number of fused-ring (bicyclic) bond motifs is 1. The summed E-state index contributed by atoms with van der Waals surface area (Å²) in [6.07, 6.45) is 5.84. The van der Waals surface area contributed by atoms with Crippen molar-refractivity contribution in [2.45, 2.75) is 76.8 Å². The molecule has 0 radical (unpaired) electrons. The highest BCUT2D eigenvalue weighted by molar-refractivity contribution is 6.03. The van der Waals surface area contributed by atoms with Crippen LogP contribution in [-0.4, -0.2) is 61.7 Å². The summed E-state index contributed by atoms with van der Waals surface area (Å²) in [6, 6.07) is 4.48. The number of nitrogens with one attached hydrogen (secondary N) is 2. The summed E-state index contributed by atoms with van der Waals surface area (Å²) in [5, 5.41) is 14.8. The molecule has 3 atom stereocenters. The topological polar surface area (TPSA) is 133 Å². The number of rotatable bonds is 9. The molecule has 1 aliphatic heterocycles. The average Bonchev–Trinajstić information content (AvgIpc) is 3.58. The van der Waals surface area contributed by atoms with Gasteiger partial charge in [0.05, 0.1) is 30.7 Å². The Bertz CT molecular complexity index is 1510. The number of hydrogen-bond donors (Lipinski definition) is 2. The lowest BCUT2D eigenvalue weighted by Gasteiger charge is -2.37. The standard InChI is InChI=1S/C30H37F2N7O4/c1-3-38-23(10-13-34-38)26(40)36-25(19-8-11-30(31,32)12-9-19)22-17-39-24(35-22)7-6-21(37-39)15-29(28(42)43-2)14-20(18-4-5-18)16-33-27(29)41/h6-7,10,13,17-20,25H,3-5,8-9,11-12,14-16H2,1-2H3,(H,33,41)(H,36,40)/t20?,25-,29?/m0/s1. The number of methoxy groups -OCH3 is 1. The van der Waals surface area contributed by atoms with E-state index in [2.05, 4.69) is 15.7 Å². The van der Waals surface area contributed by atoms with Crippen LogP contribution in [0.5, 0.6) is 0 Å². The molecule has 1 saturated heterocycles. The molecule has 3 aromatic heterocycles. The highest BCUT2D eigenvalue weighted by Crippen LogP contribution is 2.46. The van der Waals surface area contributed by atoms with Crippen molar-refractivity contribution in [3.05, 3.63) is 47.7 Å². The minimum atomic E-state index is -2.72. The molecule has 3 fully saturated rings. The molecule has 11 nitrogen and oxygen atoms in total. The quantitative estimate of drug-likeness (QED) is 0.285. The number of ether oxygens (including phenoxy) is 1. The first-order chi connectivity index (χ1) is 20.6. The van der Waals surface area contributed by atoms with Gasteiger partial charge in [-0.3, -0.25) is 19.1 Å². The molecule has 2 aliphatic carbocycles. The average molecular weight is 598 g/mol. The van der Waals surface area contributed by atoms with Crippen molar-refractivity contribution in [2.75, 3.05) is 13.7 Å². The lowest BCUT2D eigenvalue weighted by molar-refractivity contribution is -0.162. The maximum atomic E-state index is 14.1. The summed E-state index contributed by atoms with van der Waals surface area (Å²) in [4.78, 5) is 44.3. The van der Waals surface area contributed by atoms with Crippen LogP contribution in [-0.2, 0) is 27.3 Å². The van der Waals surface area contributed by atoms with E-state index in [4.69, 9.17) is 14.8 Å². The number of carbonyl (C=O) groups is 3. The van der Waals surface area contributed by atoms with Crippen LogP contribution < -0.4 is 10.6 Å². The zero-order valence-corrected chi connectivity index (χ0v) is 24.4. The summed E-state index contributed by atoms with van der Waals surface area (Å²) in [5.41, 5.74) is 0.506. The Morgan fingerprint density at radius 2 is 1.93 bits per heavy atom. The van der Waals surface area contributed by atoms with E-state index in [1.165, 1.54) is 7.11 Å². The molecule has 13 heteroatoms. The summed E-state index contributed by atoms with van der Waals surface area (Å²) in [6.45, 7) is 2.94. The number of carbonyl (C=O) groups excluding carboxylic acids is 3. The first-order valence-corrected chi connectivity index (χ1v) is 15.0. The minimum absolute atomic E-state index is 0.0665. The van der Waals surface area contributed by atoms with Crippen LogP contribution in [0, 0.1) is 23.2 Å². The second-order valence-electron chi connectivity index (χ2n) is 12.2. The molecule has 3 aromatic rings. The van der Waals surface area contributed by atoms with Gasteiger partial charge in [0, 0.05) is 38.5 Å². The lowest BCUT2D eigenvalue weighted by Crippen LogP contribution is -2.55. The molecule has 0 aromatic carbocycles. The molecule has 0 bridgehead atoms. The van der Waals surface area contributed by atoms with Crippen molar-refractivity contribution in [1.29, 1.82) is 0 Å². The van der Waals surface area contributed by atoms with Crippen molar-refractivity contribution >= 4 is 23.4 Å². The van der Waals surface area contributed by atoms with Crippen molar-refractivity contribution in [3.8, 4) is 0 Å². The Balaban J connectivity index is 1.30. The van der Waals surface area contributed by atoms with Gasteiger partial charge in [-0.1, -0.05) is 0 Å². The van der Waals surface area contributed by atoms with E-state index in [9.17, 15) is 23.2 Å². The molecule has 2 N–H and O–H groups in total. The number of amides is 2.